The molecule has 132 valence electrons. The number of hydrogen-bond acceptors (Lipinski definition) is 7. The molecule has 2 N–H and O–H groups in total. The second-order valence-corrected chi connectivity index (χ2v) is 5.75. The molecule has 2 rings (SSSR count). The van der Waals surface area contributed by atoms with Crippen molar-refractivity contribution in [3.05, 3.63) is 28.7 Å². The summed E-state index contributed by atoms with van der Waals surface area (Å²) in [6.07, 6.45) is 1.41. The first kappa shape index (κ1) is 18.3. The monoisotopic (exact) mass is 367 g/mol. The summed E-state index contributed by atoms with van der Waals surface area (Å²) in [7, 11) is 1.37. The van der Waals surface area contributed by atoms with Crippen molar-refractivity contribution in [3.8, 4) is 11.5 Å². The minimum atomic E-state index is -1.29. The van der Waals surface area contributed by atoms with Crippen molar-refractivity contribution in [3.63, 3.8) is 0 Å². The lowest BCUT2D eigenvalue weighted by Crippen LogP contribution is -2.33. The van der Waals surface area contributed by atoms with Crippen LogP contribution < -0.4 is 9.47 Å². The normalized spacial score (nSPS) is 15.6. The number of amides is 2. The maximum absolute atomic E-state index is 12.1. The second kappa shape index (κ2) is 7.71. The second-order valence-electron chi connectivity index (χ2n) is 4.75. The molecule has 0 atom stereocenters. The van der Waals surface area contributed by atoms with Crippen molar-refractivity contribution in [2.75, 3.05) is 20.3 Å². The number of thioether (sulfide) groups is 1. The van der Waals surface area contributed by atoms with E-state index in [1.54, 1.807) is 6.07 Å². The molecular formula is C15H13NO8S. The van der Waals surface area contributed by atoms with E-state index in [2.05, 4.69) is 0 Å². The standard InChI is InChI=1S/C15H13NO8S/c1-23-10-4-8(2-3-9(10)24-7-13(19)20)5-11-14(21)16(6-12(17)18)15(22)25-11/h2-5H,6-7H2,1H3,(H,17,18)(H,19,20)/b11-5-. The number of methoxy groups -OCH3 is 1. The van der Waals surface area contributed by atoms with Gasteiger partial charge >= 0.3 is 11.9 Å². The highest BCUT2D eigenvalue weighted by molar-refractivity contribution is 8.18. The number of rotatable bonds is 7. The third-order valence-electron chi connectivity index (χ3n) is 3.00. The van der Waals surface area contributed by atoms with E-state index < -0.39 is 36.2 Å². The minimum Gasteiger partial charge on any atom is -0.493 e. The summed E-state index contributed by atoms with van der Waals surface area (Å²) in [6, 6.07) is 4.52. The lowest BCUT2D eigenvalue weighted by atomic mass is 10.2. The van der Waals surface area contributed by atoms with Crippen LogP contribution in [0.2, 0.25) is 0 Å². The molecule has 1 saturated heterocycles. The van der Waals surface area contributed by atoms with Crippen molar-refractivity contribution in [2.45, 2.75) is 0 Å². The molecule has 0 radical (unpaired) electrons. The lowest BCUT2D eigenvalue weighted by molar-refractivity contribution is -0.140. The van der Waals surface area contributed by atoms with Gasteiger partial charge in [0.05, 0.1) is 12.0 Å². The van der Waals surface area contributed by atoms with Crippen molar-refractivity contribution < 1.29 is 38.9 Å². The summed E-state index contributed by atoms with van der Waals surface area (Å²) in [5.41, 5.74) is 0.500. The zero-order valence-corrected chi connectivity index (χ0v) is 13.7. The van der Waals surface area contributed by atoms with E-state index >= 15 is 0 Å². The van der Waals surface area contributed by atoms with Crippen LogP contribution in [0, 0.1) is 0 Å². The number of imide groups is 1. The Balaban J connectivity index is 2.23. The molecule has 0 saturated carbocycles. The number of ether oxygens (including phenoxy) is 2. The summed E-state index contributed by atoms with van der Waals surface area (Å²) in [5.74, 6) is -2.66. The number of carbonyl (C=O) groups excluding carboxylic acids is 2. The first-order chi connectivity index (χ1) is 11.8. The average Bonchev–Trinajstić information content (AvgIpc) is 2.80. The molecule has 0 aromatic heterocycles. The summed E-state index contributed by atoms with van der Waals surface area (Å²) in [4.78, 5) is 45.8. The molecule has 1 aromatic carbocycles. The molecular weight excluding hydrogens is 354 g/mol. The van der Waals surface area contributed by atoms with Gasteiger partial charge in [-0.3, -0.25) is 19.3 Å². The smallest absolute Gasteiger partial charge is 0.341 e. The van der Waals surface area contributed by atoms with Gasteiger partial charge in [-0.1, -0.05) is 6.07 Å². The predicted octanol–water partition coefficient (Wildman–Crippen LogP) is 1.28. The first-order valence-electron chi connectivity index (χ1n) is 6.81. The van der Waals surface area contributed by atoms with Crippen molar-refractivity contribution >= 4 is 40.9 Å². The molecule has 0 spiro atoms. The minimum absolute atomic E-state index is 0.0764. The third kappa shape index (κ3) is 4.51. The summed E-state index contributed by atoms with van der Waals surface area (Å²) >= 11 is 0.636. The number of hydrogen-bond donors (Lipinski definition) is 2. The van der Waals surface area contributed by atoms with E-state index in [4.69, 9.17) is 19.7 Å². The highest BCUT2D eigenvalue weighted by Crippen LogP contribution is 2.34. The van der Waals surface area contributed by atoms with Crippen LogP contribution >= 0.6 is 11.8 Å². The van der Waals surface area contributed by atoms with Crippen molar-refractivity contribution in [2.24, 2.45) is 0 Å². The summed E-state index contributed by atoms with van der Waals surface area (Å²) in [6.45, 7) is -1.24. The molecule has 1 aromatic rings. The van der Waals surface area contributed by atoms with E-state index in [0.717, 1.165) is 0 Å². The number of nitrogens with zero attached hydrogens (tertiary/aromatic N) is 1. The van der Waals surface area contributed by atoms with Crippen LogP contribution in [-0.4, -0.2) is 58.5 Å². The molecule has 9 nitrogen and oxygen atoms in total. The SMILES string of the molecule is COc1cc(/C=C2\SC(=O)N(CC(=O)O)C2=O)ccc1OCC(=O)O. The highest BCUT2D eigenvalue weighted by Gasteiger charge is 2.36. The van der Waals surface area contributed by atoms with E-state index in [-0.39, 0.29) is 16.4 Å². The number of carbonyl (C=O) groups is 4. The molecule has 10 heteroatoms. The highest BCUT2D eigenvalue weighted by atomic mass is 32.2. The van der Waals surface area contributed by atoms with Crippen molar-refractivity contribution in [1.82, 2.24) is 4.90 Å². The largest absolute Gasteiger partial charge is 0.493 e. The van der Waals surface area contributed by atoms with Gasteiger partial charge in [0.2, 0.25) is 0 Å². The maximum atomic E-state index is 12.1. The van der Waals surface area contributed by atoms with Crippen LogP contribution in [0.15, 0.2) is 23.1 Å². The topological polar surface area (TPSA) is 130 Å². The van der Waals surface area contributed by atoms with Crippen LogP contribution in [0.4, 0.5) is 4.79 Å². The molecule has 0 bridgehead atoms. The zero-order chi connectivity index (χ0) is 18.6. The Morgan fingerprint density at radius 3 is 2.52 bits per heavy atom. The Morgan fingerprint density at radius 1 is 1.20 bits per heavy atom. The number of carboxylic acids is 2. The molecule has 1 aliphatic heterocycles. The van der Waals surface area contributed by atoms with Gasteiger partial charge in [-0.2, -0.15) is 0 Å². The Bertz CT molecular complexity index is 773. The molecule has 1 heterocycles. The maximum Gasteiger partial charge on any atom is 0.341 e. The van der Waals surface area contributed by atoms with Gasteiger partial charge in [-0.05, 0) is 35.5 Å². The van der Waals surface area contributed by atoms with Gasteiger partial charge < -0.3 is 19.7 Å². The molecule has 2 amide bonds. The summed E-state index contributed by atoms with van der Waals surface area (Å²) < 4.78 is 10.2. The fourth-order valence-corrected chi connectivity index (χ4v) is 2.79. The average molecular weight is 367 g/mol. The fourth-order valence-electron chi connectivity index (χ4n) is 1.96. The van der Waals surface area contributed by atoms with Gasteiger partial charge in [0.1, 0.15) is 6.54 Å². The van der Waals surface area contributed by atoms with E-state index in [0.29, 0.717) is 22.2 Å². The van der Waals surface area contributed by atoms with Gasteiger partial charge in [0.25, 0.3) is 11.1 Å². The Hall–Kier alpha value is -3.01. The van der Waals surface area contributed by atoms with E-state index in [9.17, 15) is 19.2 Å². The quantitative estimate of drug-likeness (QED) is 0.684. The zero-order valence-electron chi connectivity index (χ0n) is 12.9. The lowest BCUT2D eigenvalue weighted by Gasteiger charge is -2.10. The number of benzene rings is 1. The van der Waals surface area contributed by atoms with Crippen LogP contribution in [0.25, 0.3) is 6.08 Å². The number of aliphatic carboxylic acids is 2. The molecule has 25 heavy (non-hydrogen) atoms. The van der Waals surface area contributed by atoms with E-state index in [1.807, 2.05) is 0 Å². The third-order valence-corrected chi connectivity index (χ3v) is 3.91. The first-order valence-corrected chi connectivity index (χ1v) is 7.63. The van der Waals surface area contributed by atoms with Gasteiger partial charge in [0, 0.05) is 0 Å². The van der Waals surface area contributed by atoms with E-state index in [1.165, 1.54) is 25.3 Å². The Labute approximate surface area is 145 Å². The van der Waals surface area contributed by atoms with Gasteiger partial charge in [-0.25, -0.2) is 4.79 Å². The van der Waals surface area contributed by atoms with Crippen molar-refractivity contribution in [1.29, 1.82) is 0 Å². The predicted molar refractivity (Wildman–Crippen MR) is 86.4 cm³/mol. The van der Waals surface area contributed by atoms with Gasteiger partial charge in [-0.15, -0.1) is 0 Å². The Kier molecular flexibility index (Phi) is 5.65. The van der Waals surface area contributed by atoms with Gasteiger partial charge in [0.15, 0.2) is 18.1 Å². The van der Waals surface area contributed by atoms with Crippen LogP contribution in [0.5, 0.6) is 11.5 Å². The molecule has 1 fully saturated rings. The van der Waals surface area contributed by atoms with Crippen LogP contribution in [0.3, 0.4) is 0 Å². The fraction of sp³-hybridized carbons (Fsp3) is 0.200. The molecule has 0 unspecified atom stereocenters. The Morgan fingerprint density at radius 2 is 1.92 bits per heavy atom. The number of carboxylic acid groups (broad SMARTS) is 2. The molecule has 0 aliphatic carbocycles. The molecule has 1 aliphatic rings. The van der Waals surface area contributed by atoms with Crippen LogP contribution in [0.1, 0.15) is 5.56 Å². The summed E-state index contributed by atoms with van der Waals surface area (Å²) in [5, 5.41) is 16.7. The van der Waals surface area contributed by atoms with Crippen LogP contribution in [-0.2, 0) is 14.4 Å².